The average Bonchev–Trinajstić information content (AvgIpc) is 3.44. The van der Waals surface area contributed by atoms with Crippen molar-refractivity contribution in [3.63, 3.8) is 0 Å². The minimum atomic E-state index is -1.01. The highest BCUT2D eigenvalue weighted by Crippen LogP contribution is 2.37. The van der Waals surface area contributed by atoms with Gasteiger partial charge in [-0.1, -0.05) is 17.7 Å². The van der Waals surface area contributed by atoms with Crippen LogP contribution >= 0.6 is 11.6 Å². The van der Waals surface area contributed by atoms with Crippen LogP contribution in [0, 0.1) is 5.82 Å². The molecule has 2 aliphatic rings. The normalized spacial score (nSPS) is 17.7. The van der Waals surface area contributed by atoms with Gasteiger partial charge in [0.1, 0.15) is 11.4 Å². The van der Waals surface area contributed by atoms with Crippen molar-refractivity contribution in [2.75, 3.05) is 24.5 Å². The van der Waals surface area contributed by atoms with Crippen LogP contribution < -0.4 is 4.90 Å². The first-order valence-electron chi connectivity index (χ1n) is 12.7. The lowest BCUT2D eigenvalue weighted by Gasteiger charge is -2.37. The van der Waals surface area contributed by atoms with E-state index < -0.39 is 23.5 Å². The molecule has 1 spiro atoms. The summed E-state index contributed by atoms with van der Waals surface area (Å²) < 4.78 is 21.9. The van der Waals surface area contributed by atoms with Gasteiger partial charge < -0.3 is 14.4 Å². The highest BCUT2D eigenvalue weighted by Gasteiger charge is 2.47. The fourth-order valence-corrected chi connectivity index (χ4v) is 5.34. The summed E-state index contributed by atoms with van der Waals surface area (Å²) in [5.74, 6) is -1.44. The van der Waals surface area contributed by atoms with E-state index in [1.165, 1.54) is 18.2 Å². The lowest BCUT2D eigenvalue weighted by atomic mass is 9.91. The first kappa shape index (κ1) is 26.3. The molecule has 0 aliphatic carbocycles. The highest BCUT2D eigenvalue weighted by atomic mass is 35.5. The molecule has 0 saturated carbocycles. The van der Waals surface area contributed by atoms with Crippen molar-refractivity contribution in [1.82, 2.24) is 9.47 Å². The van der Waals surface area contributed by atoms with E-state index in [4.69, 9.17) is 21.4 Å². The number of anilines is 1. The van der Waals surface area contributed by atoms with Gasteiger partial charge in [-0.2, -0.15) is 0 Å². The van der Waals surface area contributed by atoms with Crippen LogP contribution in [0.4, 0.5) is 14.9 Å². The maximum atomic E-state index is 13.8. The summed E-state index contributed by atoms with van der Waals surface area (Å²) in [7, 11) is 0. The zero-order chi connectivity index (χ0) is 27.2. The number of aromatic nitrogens is 1. The molecule has 5 rings (SSSR count). The van der Waals surface area contributed by atoms with Crippen LogP contribution in [0.1, 0.15) is 49.5 Å². The van der Waals surface area contributed by atoms with E-state index in [9.17, 15) is 14.0 Å². The molecule has 2 aliphatic heterocycles. The molecule has 7 nitrogen and oxygen atoms in total. The van der Waals surface area contributed by atoms with Crippen molar-refractivity contribution < 1.29 is 23.8 Å². The minimum absolute atomic E-state index is 0.0991. The summed E-state index contributed by atoms with van der Waals surface area (Å²) in [4.78, 5) is 27.8. The first-order valence-corrected chi connectivity index (χ1v) is 13.0. The van der Waals surface area contributed by atoms with Crippen LogP contribution in [-0.4, -0.2) is 51.9 Å². The molecule has 9 heteroatoms. The molecule has 1 aromatic heterocycles. The number of rotatable bonds is 5. The number of aromatic carboxylic acids is 1. The molecule has 0 atom stereocenters. The quantitative estimate of drug-likeness (QED) is 0.406. The van der Waals surface area contributed by atoms with E-state index >= 15 is 0 Å². The van der Waals surface area contributed by atoms with Gasteiger partial charge in [0, 0.05) is 61.7 Å². The van der Waals surface area contributed by atoms with Crippen LogP contribution in [0.5, 0.6) is 0 Å². The molecule has 2 saturated heterocycles. The number of carboxylic acids is 1. The third-order valence-electron chi connectivity index (χ3n) is 7.47. The number of likely N-dealkylation sites (tertiary alicyclic amines) is 1. The second kappa shape index (κ2) is 9.75. The third-order valence-corrected chi connectivity index (χ3v) is 7.76. The molecule has 1 amide bonds. The Bertz CT molecular complexity index is 1370. The lowest BCUT2D eigenvalue weighted by Crippen LogP contribution is -2.46. The number of halogens is 2. The molecule has 200 valence electrons. The topological polar surface area (TPSA) is 75.0 Å². The lowest BCUT2D eigenvalue weighted by molar-refractivity contribution is -0.000949. The maximum Gasteiger partial charge on any atom is 0.415 e. The molecule has 0 unspecified atom stereocenters. The fraction of sp³-hybridized carbons (Fsp3) is 0.379. The fourth-order valence-electron chi connectivity index (χ4n) is 5.16. The van der Waals surface area contributed by atoms with Crippen molar-refractivity contribution in [3.05, 3.63) is 76.8 Å². The highest BCUT2D eigenvalue weighted by molar-refractivity contribution is 6.31. The molecule has 1 N–H and O–H groups in total. The number of carbonyl (C=O) groups is 2. The van der Waals surface area contributed by atoms with E-state index in [1.54, 1.807) is 29.2 Å². The van der Waals surface area contributed by atoms with E-state index in [-0.39, 0.29) is 16.1 Å². The summed E-state index contributed by atoms with van der Waals surface area (Å²) in [6.07, 6.45) is 5.23. The monoisotopic (exact) mass is 539 g/mol. The number of nitrogens with zero attached hydrogens (tertiary/aromatic N) is 3. The summed E-state index contributed by atoms with van der Waals surface area (Å²) in [6.45, 7) is 9.06. The first-order chi connectivity index (χ1) is 17.9. The van der Waals surface area contributed by atoms with E-state index in [1.807, 2.05) is 0 Å². The Morgan fingerprint density at radius 2 is 1.79 bits per heavy atom. The standard InChI is InChI=1S/C29H31ClFN3O4/c1-28(2,3)33-16-21(23(17-33)20-6-9-25(31)24(30)14-20)15-32-12-10-29(11-13-32)18-34(27(37)38-29)22-7-4-19(5-8-22)26(35)36/h4-9,14,16-17H,10-13,15,18H2,1-3H3,(H,35,36). The number of carboxylic acid groups (broad SMARTS) is 1. The van der Waals surface area contributed by atoms with E-state index in [2.05, 4.69) is 42.6 Å². The Kier molecular flexibility index (Phi) is 6.73. The van der Waals surface area contributed by atoms with Crippen LogP contribution in [-0.2, 0) is 16.8 Å². The van der Waals surface area contributed by atoms with Gasteiger partial charge in [-0.05, 0) is 68.3 Å². The average molecular weight is 540 g/mol. The molecular formula is C29H31ClFN3O4. The number of hydrogen-bond acceptors (Lipinski definition) is 4. The summed E-state index contributed by atoms with van der Waals surface area (Å²) in [6, 6.07) is 11.1. The van der Waals surface area contributed by atoms with Gasteiger partial charge in [-0.3, -0.25) is 9.80 Å². The number of carbonyl (C=O) groups excluding carboxylic acids is 1. The Balaban J connectivity index is 1.30. The molecule has 0 radical (unpaired) electrons. The Hall–Kier alpha value is -3.36. The van der Waals surface area contributed by atoms with Crippen molar-refractivity contribution in [2.45, 2.75) is 51.3 Å². The van der Waals surface area contributed by atoms with Gasteiger partial charge in [0.15, 0.2) is 0 Å². The zero-order valence-corrected chi connectivity index (χ0v) is 22.5. The van der Waals surface area contributed by atoms with E-state index in [0.29, 0.717) is 31.6 Å². The van der Waals surface area contributed by atoms with Crippen molar-refractivity contribution >= 4 is 29.4 Å². The zero-order valence-electron chi connectivity index (χ0n) is 21.7. The summed E-state index contributed by atoms with van der Waals surface area (Å²) in [5.41, 5.74) is 3.14. The van der Waals surface area contributed by atoms with Crippen molar-refractivity contribution in [3.8, 4) is 11.1 Å². The van der Waals surface area contributed by atoms with Gasteiger partial charge in [0.05, 0.1) is 17.1 Å². The molecule has 2 aromatic carbocycles. The Morgan fingerprint density at radius 3 is 2.39 bits per heavy atom. The largest absolute Gasteiger partial charge is 0.478 e. The third kappa shape index (κ3) is 5.15. The molecule has 0 bridgehead atoms. The van der Waals surface area contributed by atoms with Crippen LogP contribution in [0.2, 0.25) is 5.02 Å². The minimum Gasteiger partial charge on any atom is -0.478 e. The molecule has 2 fully saturated rings. The van der Waals surface area contributed by atoms with Crippen molar-refractivity contribution in [1.29, 1.82) is 0 Å². The number of hydrogen-bond donors (Lipinski definition) is 1. The predicted octanol–water partition coefficient (Wildman–Crippen LogP) is 6.39. The van der Waals surface area contributed by atoms with Gasteiger partial charge in [-0.15, -0.1) is 0 Å². The number of benzene rings is 2. The summed E-state index contributed by atoms with van der Waals surface area (Å²) in [5, 5.41) is 9.24. The number of piperidine rings is 1. The molecule has 3 aromatic rings. The van der Waals surface area contributed by atoms with Crippen LogP contribution in [0.15, 0.2) is 54.9 Å². The van der Waals surface area contributed by atoms with Gasteiger partial charge in [0.25, 0.3) is 0 Å². The predicted molar refractivity (Wildman–Crippen MR) is 144 cm³/mol. The van der Waals surface area contributed by atoms with Crippen LogP contribution in [0.25, 0.3) is 11.1 Å². The van der Waals surface area contributed by atoms with Gasteiger partial charge in [-0.25, -0.2) is 14.0 Å². The van der Waals surface area contributed by atoms with Gasteiger partial charge >= 0.3 is 12.1 Å². The summed E-state index contributed by atoms with van der Waals surface area (Å²) >= 11 is 6.10. The smallest absolute Gasteiger partial charge is 0.415 e. The second-order valence-corrected chi connectivity index (χ2v) is 11.6. The Labute approximate surface area is 226 Å². The number of amides is 1. The van der Waals surface area contributed by atoms with Crippen molar-refractivity contribution in [2.24, 2.45) is 0 Å². The molecular weight excluding hydrogens is 509 g/mol. The maximum absolute atomic E-state index is 13.8. The second-order valence-electron chi connectivity index (χ2n) is 11.2. The van der Waals surface area contributed by atoms with Crippen LogP contribution in [0.3, 0.4) is 0 Å². The Morgan fingerprint density at radius 1 is 1.11 bits per heavy atom. The molecule has 3 heterocycles. The number of ether oxygens (including phenoxy) is 1. The molecule has 38 heavy (non-hydrogen) atoms. The van der Waals surface area contributed by atoms with Gasteiger partial charge in [0.2, 0.25) is 0 Å². The SMILES string of the molecule is CC(C)(C)n1cc(CN2CCC3(CC2)CN(c2ccc(C(=O)O)cc2)C(=O)O3)c(-c2ccc(F)c(Cl)c2)c1. The van der Waals surface area contributed by atoms with E-state index in [0.717, 1.165) is 29.8 Å².